The monoisotopic (exact) mass is 375 g/mol. The van der Waals surface area contributed by atoms with Crippen molar-refractivity contribution >= 4 is 23.9 Å². The van der Waals surface area contributed by atoms with Gasteiger partial charge in [0.2, 0.25) is 0 Å². The minimum atomic E-state index is -5.08. The van der Waals surface area contributed by atoms with E-state index in [0.717, 1.165) is 0 Å². The van der Waals surface area contributed by atoms with Crippen LogP contribution in [-0.4, -0.2) is 69.7 Å². The Morgan fingerprint density at radius 3 is 1.17 bits per heavy atom. The van der Waals surface area contributed by atoms with Crippen LogP contribution >= 0.6 is 0 Å². The summed E-state index contributed by atoms with van der Waals surface area (Å²) in [4.78, 5) is 37.5. The Morgan fingerprint density at radius 1 is 0.708 bits per heavy atom. The van der Waals surface area contributed by atoms with Crippen molar-refractivity contribution in [1.82, 2.24) is 5.32 Å². The third kappa shape index (κ3) is 24.4. The molecule has 0 aliphatic carbocycles. The first-order valence-corrected chi connectivity index (χ1v) is 5.26. The zero-order valence-corrected chi connectivity index (χ0v) is 11.3. The van der Waals surface area contributed by atoms with E-state index in [1.54, 1.807) is 0 Å². The van der Waals surface area contributed by atoms with Crippen molar-refractivity contribution in [2.75, 3.05) is 13.1 Å². The molecule has 0 bridgehead atoms. The lowest BCUT2D eigenvalue weighted by Crippen LogP contribution is -2.24. The summed E-state index contributed by atoms with van der Waals surface area (Å²) in [6.45, 7) is 0.00884. The van der Waals surface area contributed by atoms with Gasteiger partial charge >= 0.3 is 36.2 Å². The van der Waals surface area contributed by atoms with Gasteiger partial charge in [0.25, 0.3) is 0 Å². The van der Waals surface area contributed by atoms with Gasteiger partial charge in [0.05, 0.1) is 13.0 Å². The lowest BCUT2D eigenvalue weighted by atomic mass is 10.4. The predicted octanol–water partition coefficient (Wildman–Crippen LogP) is 0.402. The van der Waals surface area contributed by atoms with Crippen molar-refractivity contribution in [1.29, 1.82) is 0 Å². The van der Waals surface area contributed by atoms with E-state index in [2.05, 4.69) is 5.32 Å². The van der Waals surface area contributed by atoms with Crippen LogP contribution in [-0.2, 0) is 19.2 Å². The lowest BCUT2D eigenvalue weighted by molar-refractivity contribution is -0.193. The molecule has 15 heteroatoms. The van der Waals surface area contributed by atoms with E-state index in [-0.39, 0.29) is 19.5 Å². The first-order valence-electron chi connectivity index (χ1n) is 5.26. The van der Waals surface area contributed by atoms with Gasteiger partial charge in [-0.2, -0.15) is 26.3 Å². The molecule has 0 aromatic heterocycles. The number of carboxylic acids is 4. The number of halogens is 6. The summed E-state index contributed by atoms with van der Waals surface area (Å²) in [5.41, 5.74) is 0. The highest BCUT2D eigenvalue weighted by Crippen LogP contribution is 2.13. The highest BCUT2D eigenvalue weighted by atomic mass is 19.4. The molecule has 0 fully saturated rings. The molecule has 0 unspecified atom stereocenters. The van der Waals surface area contributed by atoms with Gasteiger partial charge in [-0.25, -0.2) is 9.59 Å². The van der Waals surface area contributed by atoms with Gasteiger partial charge in [0, 0.05) is 6.54 Å². The van der Waals surface area contributed by atoms with Crippen LogP contribution in [0.4, 0.5) is 26.3 Å². The molecular formula is C9H11F6NO8. The Morgan fingerprint density at radius 2 is 1.00 bits per heavy atom. The molecule has 0 saturated carbocycles. The normalized spacial score (nSPS) is 10.4. The van der Waals surface area contributed by atoms with E-state index in [4.69, 9.17) is 30.0 Å². The number of carbonyl (C=O) groups is 4. The molecule has 0 aromatic carbocycles. The van der Waals surface area contributed by atoms with E-state index in [1.807, 2.05) is 0 Å². The van der Waals surface area contributed by atoms with Crippen molar-refractivity contribution in [3.8, 4) is 0 Å². The molecule has 0 heterocycles. The Hall–Kier alpha value is -2.58. The topological polar surface area (TPSA) is 161 Å². The molecule has 0 aliphatic rings. The maximum Gasteiger partial charge on any atom is 0.490 e. The third-order valence-electron chi connectivity index (χ3n) is 1.28. The van der Waals surface area contributed by atoms with E-state index in [0.29, 0.717) is 0 Å². The standard InChI is InChI=1S/C5H9NO4.2C2HF3O2/c7-4(8)1-2-6-3-5(9)10;2*3-2(4,5)1(6)7/h6H,1-3H2,(H,7,8)(H,9,10);2*(H,6,7). The molecule has 0 rings (SSSR count). The minimum absolute atomic E-state index is 0.0483. The van der Waals surface area contributed by atoms with E-state index >= 15 is 0 Å². The number of rotatable bonds is 5. The maximum absolute atomic E-state index is 10.6. The van der Waals surface area contributed by atoms with E-state index in [1.165, 1.54) is 0 Å². The zero-order valence-electron chi connectivity index (χ0n) is 11.3. The Kier molecular flexibility index (Phi) is 13.1. The summed E-state index contributed by atoms with van der Waals surface area (Å²) in [7, 11) is 0. The maximum atomic E-state index is 10.6. The van der Waals surface area contributed by atoms with Crippen LogP contribution in [0, 0.1) is 0 Å². The number of hydrogen-bond donors (Lipinski definition) is 5. The summed E-state index contributed by atoms with van der Waals surface area (Å²) < 4.78 is 63.5. The SMILES string of the molecule is O=C(O)C(F)(F)F.O=C(O)C(F)(F)F.O=C(O)CCNCC(=O)O. The van der Waals surface area contributed by atoms with Gasteiger partial charge in [-0.3, -0.25) is 9.59 Å². The summed E-state index contributed by atoms with van der Waals surface area (Å²) in [6, 6.07) is 0. The molecule has 9 nitrogen and oxygen atoms in total. The Labute approximate surface area is 128 Å². The van der Waals surface area contributed by atoms with Crippen LogP contribution < -0.4 is 5.32 Å². The zero-order chi connectivity index (χ0) is 20.1. The minimum Gasteiger partial charge on any atom is -0.481 e. The van der Waals surface area contributed by atoms with Crippen molar-refractivity contribution in [2.45, 2.75) is 18.8 Å². The van der Waals surface area contributed by atoms with Crippen LogP contribution in [0.2, 0.25) is 0 Å². The third-order valence-corrected chi connectivity index (χ3v) is 1.28. The molecule has 0 atom stereocenters. The number of hydrogen-bond acceptors (Lipinski definition) is 5. The van der Waals surface area contributed by atoms with Gasteiger partial charge in [0.15, 0.2) is 0 Å². The summed E-state index contributed by atoms with van der Waals surface area (Å²) in [5, 5.41) is 32.8. The molecule has 0 aliphatic heterocycles. The molecule has 0 spiro atoms. The quantitative estimate of drug-likeness (QED) is 0.338. The highest BCUT2D eigenvalue weighted by Gasteiger charge is 2.38. The highest BCUT2D eigenvalue weighted by molar-refractivity contribution is 5.73. The van der Waals surface area contributed by atoms with Crippen molar-refractivity contribution in [2.24, 2.45) is 0 Å². The fourth-order valence-corrected chi connectivity index (χ4v) is 0.391. The molecule has 0 aromatic rings. The van der Waals surface area contributed by atoms with Crippen molar-refractivity contribution in [3.63, 3.8) is 0 Å². The molecule has 5 N–H and O–H groups in total. The molecule has 24 heavy (non-hydrogen) atoms. The van der Waals surface area contributed by atoms with Crippen molar-refractivity contribution < 1.29 is 65.9 Å². The second kappa shape index (κ2) is 11.9. The first kappa shape index (κ1) is 26.3. The molecule has 142 valence electrons. The number of aliphatic carboxylic acids is 4. The largest absolute Gasteiger partial charge is 0.490 e. The molecule has 0 saturated heterocycles. The summed E-state index contributed by atoms with van der Waals surface area (Å²) >= 11 is 0. The van der Waals surface area contributed by atoms with Gasteiger partial charge in [-0.15, -0.1) is 0 Å². The fraction of sp³-hybridized carbons (Fsp3) is 0.556. The van der Waals surface area contributed by atoms with Gasteiger partial charge in [0.1, 0.15) is 0 Å². The van der Waals surface area contributed by atoms with E-state index < -0.39 is 36.2 Å². The second-order valence-electron chi connectivity index (χ2n) is 3.32. The Bertz CT molecular complexity index is 393. The number of alkyl halides is 6. The Balaban J connectivity index is -0.000000283. The van der Waals surface area contributed by atoms with Crippen LogP contribution in [0.1, 0.15) is 6.42 Å². The van der Waals surface area contributed by atoms with Crippen LogP contribution in [0.5, 0.6) is 0 Å². The number of nitrogens with one attached hydrogen (secondary N) is 1. The van der Waals surface area contributed by atoms with Crippen LogP contribution in [0.25, 0.3) is 0 Å². The van der Waals surface area contributed by atoms with Crippen molar-refractivity contribution in [3.05, 3.63) is 0 Å². The lowest BCUT2D eigenvalue weighted by Gasteiger charge is -1.95. The fourth-order valence-electron chi connectivity index (χ4n) is 0.391. The second-order valence-corrected chi connectivity index (χ2v) is 3.32. The smallest absolute Gasteiger partial charge is 0.481 e. The summed E-state index contributed by atoms with van der Waals surface area (Å²) in [5.74, 6) is -7.43. The molecule has 0 amide bonds. The first-order chi connectivity index (χ1) is 10.5. The van der Waals surface area contributed by atoms with Gasteiger partial charge in [-0.05, 0) is 0 Å². The van der Waals surface area contributed by atoms with Gasteiger partial charge in [-0.1, -0.05) is 0 Å². The molecule has 0 radical (unpaired) electrons. The average Bonchev–Trinajstić information content (AvgIpc) is 2.33. The average molecular weight is 375 g/mol. The van der Waals surface area contributed by atoms with E-state index in [9.17, 15) is 35.9 Å². The van der Waals surface area contributed by atoms with Gasteiger partial charge < -0.3 is 25.7 Å². The van der Waals surface area contributed by atoms with Crippen LogP contribution in [0.3, 0.4) is 0 Å². The number of carboxylic acid groups (broad SMARTS) is 4. The summed E-state index contributed by atoms with van der Waals surface area (Å²) in [6.07, 6.45) is -10.2. The van der Waals surface area contributed by atoms with Crippen LogP contribution in [0.15, 0.2) is 0 Å². The predicted molar refractivity (Wildman–Crippen MR) is 60.1 cm³/mol. The molecular weight excluding hydrogens is 364 g/mol.